The molecule has 0 amide bonds. The highest BCUT2D eigenvalue weighted by molar-refractivity contribution is 5.86. The topological polar surface area (TPSA) is 69.4 Å². The van der Waals surface area contributed by atoms with Crippen molar-refractivity contribution in [1.29, 1.82) is 0 Å². The van der Waals surface area contributed by atoms with E-state index in [-0.39, 0.29) is 6.10 Å². The third-order valence-corrected chi connectivity index (χ3v) is 5.84. The van der Waals surface area contributed by atoms with E-state index in [9.17, 15) is 0 Å². The van der Waals surface area contributed by atoms with E-state index in [0.717, 1.165) is 52.3 Å². The molecule has 0 atom stereocenters. The number of pyridine rings is 1. The summed E-state index contributed by atoms with van der Waals surface area (Å²) < 4.78 is 17.9. The van der Waals surface area contributed by atoms with Crippen LogP contribution in [0.1, 0.15) is 42.7 Å². The quantitative estimate of drug-likeness (QED) is 0.384. The number of oxazole rings is 1. The Hall–Kier alpha value is -3.54. The number of nitrogens with one attached hydrogen (secondary N) is 1. The molecule has 32 heavy (non-hydrogen) atoms. The lowest BCUT2D eigenvalue weighted by atomic mass is 10.1. The molecule has 1 N–H and O–H groups in total. The summed E-state index contributed by atoms with van der Waals surface area (Å²) in [5.41, 5.74) is 4.71. The summed E-state index contributed by atoms with van der Waals surface area (Å²) in [6.45, 7) is 0.670. The number of benzene rings is 2. The summed E-state index contributed by atoms with van der Waals surface area (Å²) >= 11 is 0. The third kappa shape index (κ3) is 4.54. The number of fused-ring (bicyclic) bond motifs is 1. The summed E-state index contributed by atoms with van der Waals surface area (Å²) in [5, 5.41) is 3.44. The number of anilines is 1. The molecule has 0 radical (unpaired) electrons. The van der Waals surface area contributed by atoms with E-state index >= 15 is 0 Å². The maximum Gasteiger partial charge on any atom is 0.200 e. The van der Waals surface area contributed by atoms with Gasteiger partial charge in [0.25, 0.3) is 0 Å². The fraction of sp³-hybridized carbons (Fsp3) is 0.308. The van der Waals surface area contributed by atoms with Gasteiger partial charge in [0, 0.05) is 25.4 Å². The van der Waals surface area contributed by atoms with Crippen molar-refractivity contribution in [2.24, 2.45) is 0 Å². The van der Waals surface area contributed by atoms with Crippen LogP contribution in [0.25, 0.3) is 11.1 Å². The van der Waals surface area contributed by atoms with Crippen LogP contribution in [-0.4, -0.2) is 23.2 Å². The Labute approximate surface area is 187 Å². The predicted molar refractivity (Wildman–Crippen MR) is 124 cm³/mol. The van der Waals surface area contributed by atoms with Crippen LogP contribution in [0.3, 0.4) is 0 Å². The Morgan fingerprint density at radius 2 is 1.94 bits per heavy atom. The van der Waals surface area contributed by atoms with Crippen LogP contribution in [0, 0.1) is 0 Å². The minimum Gasteiger partial charge on any atom is -0.493 e. The van der Waals surface area contributed by atoms with E-state index < -0.39 is 0 Å². The van der Waals surface area contributed by atoms with Gasteiger partial charge < -0.3 is 19.2 Å². The summed E-state index contributed by atoms with van der Waals surface area (Å²) in [6, 6.07) is 16.0. The van der Waals surface area contributed by atoms with Gasteiger partial charge >= 0.3 is 0 Å². The molecule has 0 unspecified atom stereocenters. The number of rotatable bonds is 8. The van der Waals surface area contributed by atoms with Crippen LogP contribution in [0.5, 0.6) is 11.5 Å². The minimum atomic E-state index is 0.275. The van der Waals surface area contributed by atoms with Crippen molar-refractivity contribution in [1.82, 2.24) is 9.97 Å². The molecule has 0 bridgehead atoms. The molecular formula is C26H27N3O3. The normalized spacial score (nSPS) is 14.0. The lowest BCUT2D eigenvalue weighted by Crippen LogP contribution is -2.11. The van der Waals surface area contributed by atoms with Gasteiger partial charge in [-0.25, -0.2) is 4.98 Å². The number of methoxy groups -OCH3 is 1. The zero-order valence-corrected chi connectivity index (χ0v) is 18.2. The van der Waals surface area contributed by atoms with Crippen molar-refractivity contribution in [2.75, 3.05) is 12.4 Å². The molecule has 0 saturated heterocycles. The van der Waals surface area contributed by atoms with Crippen LogP contribution in [-0.2, 0) is 13.0 Å². The van der Waals surface area contributed by atoms with Gasteiger partial charge in [0.15, 0.2) is 23.0 Å². The first kappa shape index (κ1) is 20.4. The smallest absolute Gasteiger partial charge is 0.200 e. The van der Waals surface area contributed by atoms with Crippen molar-refractivity contribution < 1.29 is 13.9 Å². The zero-order valence-electron chi connectivity index (χ0n) is 18.2. The van der Waals surface area contributed by atoms with Gasteiger partial charge in [0.05, 0.1) is 18.9 Å². The van der Waals surface area contributed by atoms with Crippen molar-refractivity contribution in [3.8, 4) is 11.5 Å². The van der Waals surface area contributed by atoms with Gasteiger partial charge in [-0.05, 0) is 67.1 Å². The van der Waals surface area contributed by atoms with Crippen LogP contribution in [0.2, 0.25) is 0 Å². The van der Waals surface area contributed by atoms with Crippen molar-refractivity contribution in [2.45, 2.75) is 44.8 Å². The van der Waals surface area contributed by atoms with Crippen LogP contribution in [0.4, 0.5) is 5.69 Å². The number of para-hydroxylation sites is 1. The molecule has 0 spiro atoms. The molecule has 5 rings (SSSR count). The Kier molecular flexibility index (Phi) is 5.92. The van der Waals surface area contributed by atoms with Crippen molar-refractivity contribution >= 4 is 16.8 Å². The van der Waals surface area contributed by atoms with Crippen LogP contribution in [0.15, 0.2) is 65.3 Å². The summed E-state index contributed by atoms with van der Waals surface area (Å²) in [5.74, 6) is 2.24. The number of aromatic nitrogens is 2. The van der Waals surface area contributed by atoms with E-state index in [0.29, 0.717) is 18.9 Å². The SMILES string of the molecule is COc1ccc(Cc2nc3cccc(NCc4cccnc4)c3o2)cc1OC1CCCC1. The Morgan fingerprint density at radius 1 is 1.03 bits per heavy atom. The van der Waals surface area contributed by atoms with Gasteiger partial charge in [0.1, 0.15) is 5.52 Å². The summed E-state index contributed by atoms with van der Waals surface area (Å²) in [4.78, 5) is 8.87. The van der Waals surface area contributed by atoms with E-state index in [1.54, 1.807) is 13.3 Å². The first-order valence-corrected chi connectivity index (χ1v) is 11.1. The molecule has 1 fully saturated rings. The number of hydrogen-bond donors (Lipinski definition) is 1. The standard InChI is InChI=1S/C26H27N3O3/c1-30-23-12-11-18(14-24(23)31-20-7-2-3-8-20)15-25-29-22-10-4-9-21(26(22)32-25)28-17-19-6-5-13-27-16-19/h4-6,9-14,16,20,28H,2-3,7-8,15,17H2,1H3. The van der Waals surface area contributed by atoms with Gasteiger partial charge in [-0.15, -0.1) is 0 Å². The average Bonchev–Trinajstić information content (AvgIpc) is 3.48. The molecule has 0 aliphatic heterocycles. The third-order valence-electron chi connectivity index (χ3n) is 5.84. The van der Waals surface area contributed by atoms with E-state index in [1.807, 2.05) is 54.7 Å². The molecule has 6 heteroatoms. The molecule has 4 aromatic rings. The zero-order chi connectivity index (χ0) is 21.8. The Bertz CT molecular complexity index is 1180. The van der Waals surface area contributed by atoms with Gasteiger partial charge in [0.2, 0.25) is 0 Å². The second-order valence-corrected chi connectivity index (χ2v) is 8.16. The minimum absolute atomic E-state index is 0.275. The monoisotopic (exact) mass is 429 g/mol. The van der Waals surface area contributed by atoms with Crippen LogP contribution < -0.4 is 14.8 Å². The largest absolute Gasteiger partial charge is 0.493 e. The molecule has 6 nitrogen and oxygen atoms in total. The fourth-order valence-electron chi connectivity index (χ4n) is 4.19. The highest BCUT2D eigenvalue weighted by Crippen LogP contribution is 2.33. The first-order valence-electron chi connectivity index (χ1n) is 11.1. The second-order valence-electron chi connectivity index (χ2n) is 8.16. The van der Waals surface area contributed by atoms with E-state index in [1.165, 1.54) is 12.8 Å². The van der Waals surface area contributed by atoms with Crippen molar-refractivity contribution in [3.63, 3.8) is 0 Å². The fourth-order valence-corrected chi connectivity index (χ4v) is 4.19. The first-order chi connectivity index (χ1) is 15.8. The lowest BCUT2D eigenvalue weighted by Gasteiger charge is -2.16. The molecule has 1 saturated carbocycles. The van der Waals surface area contributed by atoms with Crippen LogP contribution >= 0.6 is 0 Å². The number of ether oxygens (including phenoxy) is 2. The summed E-state index contributed by atoms with van der Waals surface area (Å²) in [6.07, 6.45) is 9.16. The van der Waals surface area contributed by atoms with E-state index in [4.69, 9.17) is 18.9 Å². The number of nitrogens with zero attached hydrogens (tertiary/aromatic N) is 2. The highest BCUT2D eigenvalue weighted by atomic mass is 16.5. The molecule has 1 aliphatic carbocycles. The summed E-state index contributed by atoms with van der Waals surface area (Å²) in [7, 11) is 1.68. The van der Waals surface area contributed by atoms with Gasteiger partial charge in [-0.1, -0.05) is 18.2 Å². The molecule has 2 aromatic carbocycles. The molecule has 1 aliphatic rings. The molecule has 2 aromatic heterocycles. The predicted octanol–water partition coefficient (Wildman–Crippen LogP) is 5.76. The van der Waals surface area contributed by atoms with Gasteiger partial charge in [-0.3, -0.25) is 4.98 Å². The maximum absolute atomic E-state index is 6.24. The second kappa shape index (κ2) is 9.30. The lowest BCUT2D eigenvalue weighted by molar-refractivity contribution is 0.200. The van der Waals surface area contributed by atoms with Crippen molar-refractivity contribution in [3.05, 3.63) is 77.9 Å². The average molecular weight is 430 g/mol. The molecular weight excluding hydrogens is 402 g/mol. The maximum atomic E-state index is 6.24. The molecule has 2 heterocycles. The van der Waals surface area contributed by atoms with E-state index in [2.05, 4.69) is 10.3 Å². The molecule has 164 valence electrons. The Morgan fingerprint density at radius 3 is 2.75 bits per heavy atom. The van der Waals surface area contributed by atoms with Gasteiger partial charge in [-0.2, -0.15) is 0 Å². The number of hydrogen-bond acceptors (Lipinski definition) is 6. The highest BCUT2D eigenvalue weighted by Gasteiger charge is 2.19. The Balaban J connectivity index is 1.35.